The average Bonchev–Trinajstić information content (AvgIpc) is 3.00. The molecular weight excluding hydrogens is 662 g/mol. The highest BCUT2D eigenvalue weighted by atomic mass is 16.6. The van der Waals surface area contributed by atoms with Gasteiger partial charge in [-0.15, -0.1) is 0 Å². The highest BCUT2D eigenvalue weighted by Gasteiger charge is 2.25. The van der Waals surface area contributed by atoms with Crippen molar-refractivity contribution in [3.63, 3.8) is 0 Å². The van der Waals surface area contributed by atoms with E-state index in [1.165, 1.54) is 0 Å². The maximum atomic E-state index is 13.0. The predicted octanol–water partition coefficient (Wildman–Crippen LogP) is 4.95. The van der Waals surface area contributed by atoms with Crippen molar-refractivity contribution >= 4 is 30.3 Å². The van der Waals surface area contributed by atoms with Crippen LogP contribution in [0.2, 0.25) is 0 Å². The number of rotatable bonds is 18. The van der Waals surface area contributed by atoms with Gasteiger partial charge in [-0.2, -0.15) is 0 Å². The first kappa shape index (κ1) is 44.8. The van der Waals surface area contributed by atoms with Crippen molar-refractivity contribution in [2.75, 3.05) is 45.9 Å². The second kappa shape index (κ2) is 21.8. The lowest BCUT2D eigenvalue weighted by atomic mass is 10.2. The predicted molar refractivity (Wildman–Crippen MR) is 192 cm³/mol. The third-order valence-corrected chi connectivity index (χ3v) is 6.59. The number of hydrogen-bond donors (Lipinski definition) is 4. The number of nitrogens with zero attached hydrogens (tertiary/aromatic N) is 2. The summed E-state index contributed by atoms with van der Waals surface area (Å²) in [4.78, 5) is 65.9. The van der Waals surface area contributed by atoms with Crippen molar-refractivity contribution < 1.29 is 48.0 Å². The second-order valence-corrected chi connectivity index (χ2v) is 15.0. The van der Waals surface area contributed by atoms with Crippen LogP contribution in [0.15, 0.2) is 30.3 Å². The van der Waals surface area contributed by atoms with Gasteiger partial charge in [-0.1, -0.05) is 30.3 Å². The molecule has 0 saturated heterocycles. The molecule has 51 heavy (non-hydrogen) atoms. The van der Waals surface area contributed by atoms with Crippen molar-refractivity contribution in [2.45, 2.75) is 117 Å². The fourth-order valence-electron chi connectivity index (χ4n) is 4.33. The van der Waals surface area contributed by atoms with E-state index in [1.807, 2.05) is 18.2 Å². The van der Waals surface area contributed by atoms with Crippen LogP contribution in [0.1, 0.15) is 93.6 Å². The van der Waals surface area contributed by atoms with Gasteiger partial charge in [0.05, 0.1) is 6.61 Å². The van der Waals surface area contributed by atoms with E-state index in [4.69, 9.17) is 18.9 Å². The van der Waals surface area contributed by atoms with E-state index in [-0.39, 0.29) is 19.7 Å². The number of aliphatic hydroxyl groups is 1. The monoisotopic (exact) mass is 723 g/mol. The van der Waals surface area contributed by atoms with E-state index in [2.05, 4.69) is 16.0 Å². The van der Waals surface area contributed by atoms with Crippen LogP contribution >= 0.6 is 0 Å². The van der Waals surface area contributed by atoms with Crippen LogP contribution in [-0.2, 0) is 30.3 Å². The van der Waals surface area contributed by atoms with Crippen molar-refractivity contribution in [3.8, 4) is 0 Å². The number of unbranched alkanes of at least 4 members (excludes halogenated alkanes) is 1. The Morgan fingerprint density at radius 3 is 1.55 bits per heavy atom. The normalized spacial score (nSPS) is 12.2. The SMILES string of the molecule is CC(C)(C)OC(=O)NCCCN(CCCCN(CCCNC(=O)[C@H](CO)NC(=O)OCc1ccccc1)C(=O)OC(C)(C)C)C(=O)OC(C)(C)C. The summed E-state index contributed by atoms with van der Waals surface area (Å²) < 4.78 is 21.6. The Morgan fingerprint density at radius 1 is 0.647 bits per heavy atom. The van der Waals surface area contributed by atoms with Crippen LogP contribution in [-0.4, -0.2) is 114 Å². The van der Waals surface area contributed by atoms with Crippen molar-refractivity contribution in [1.29, 1.82) is 0 Å². The minimum absolute atomic E-state index is 0.0132. The first-order valence-corrected chi connectivity index (χ1v) is 17.5. The van der Waals surface area contributed by atoms with Gasteiger partial charge in [-0.05, 0) is 93.6 Å². The van der Waals surface area contributed by atoms with Gasteiger partial charge in [0, 0.05) is 39.3 Å². The molecule has 0 aliphatic heterocycles. The Hall–Kier alpha value is -4.27. The van der Waals surface area contributed by atoms with Crippen LogP contribution in [0, 0.1) is 0 Å². The lowest BCUT2D eigenvalue weighted by Crippen LogP contribution is -2.49. The Balaban J connectivity index is 2.67. The third-order valence-electron chi connectivity index (χ3n) is 6.59. The topological polar surface area (TPSA) is 185 Å². The van der Waals surface area contributed by atoms with E-state index in [0.29, 0.717) is 51.9 Å². The van der Waals surface area contributed by atoms with Gasteiger partial charge in [0.2, 0.25) is 5.91 Å². The van der Waals surface area contributed by atoms with Crippen LogP contribution in [0.4, 0.5) is 19.2 Å². The van der Waals surface area contributed by atoms with Crippen molar-refractivity contribution in [1.82, 2.24) is 25.8 Å². The summed E-state index contributed by atoms with van der Waals surface area (Å²) in [5.74, 6) is -0.596. The van der Waals surface area contributed by atoms with Gasteiger partial charge in [0.15, 0.2) is 0 Å². The molecule has 0 unspecified atom stereocenters. The molecule has 15 heteroatoms. The summed E-state index contributed by atoms with van der Waals surface area (Å²) in [5, 5.41) is 17.4. The molecule has 0 aliphatic carbocycles. The summed E-state index contributed by atoms with van der Waals surface area (Å²) in [6.07, 6.45) is -0.404. The first-order valence-electron chi connectivity index (χ1n) is 17.5. The number of aliphatic hydroxyl groups excluding tert-OH is 1. The lowest BCUT2D eigenvalue weighted by molar-refractivity contribution is -0.124. The fourth-order valence-corrected chi connectivity index (χ4v) is 4.33. The summed E-state index contributed by atoms with van der Waals surface area (Å²) >= 11 is 0. The smallest absolute Gasteiger partial charge is 0.410 e. The lowest BCUT2D eigenvalue weighted by Gasteiger charge is -2.29. The number of alkyl carbamates (subject to hydrolysis) is 2. The van der Waals surface area contributed by atoms with Crippen molar-refractivity contribution in [3.05, 3.63) is 35.9 Å². The van der Waals surface area contributed by atoms with E-state index in [9.17, 15) is 29.1 Å². The van der Waals surface area contributed by atoms with Crippen LogP contribution in [0.3, 0.4) is 0 Å². The zero-order chi connectivity index (χ0) is 38.7. The first-order chi connectivity index (χ1) is 23.7. The van der Waals surface area contributed by atoms with Crippen LogP contribution in [0.5, 0.6) is 0 Å². The molecule has 1 aromatic rings. The number of ether oxygens (including phenoxy) is 4. The van der Waals surface area contributed by atoms with Crippen molar-refractivity contribution in [2.24, 2.45) is 0 Å². The highest BCUT2D eigenvalue weighted by molar-refractivity contribution is 5.85. The molecule has 15 nitrogen and oxygen atoms in total. The van der Waals surface area contributed by atoms with Gasteiger partial charge in [-0.25, -0.2) is 19.2 Å². The minimum Gasteiger partial charge on any atom is -0.445 e. The Bertz CT molecular complexity index is 1230. The summed E-state index contributed by atoms with van der Waals surface area (Å²) in [7, 11) is 0. The van der Waals surface area contributed by atoms with Gasteiger partial charge >= 0.3 is 24.4 Å². The maximum Gasteiger partial charge on any atom is 0.410 e. The van der Waals surface area contributed by atoms with Gasteiger partial charge in [0.25, 0.3) is 0 Å². The van der Waals surface area contributed by atoms with Crippen LogP contribution in [0.25, 0.3) is 0 Å². The third kappa shape index (κ3) is 22.2. The van der Waals surface area contributed by atoms with E-state index in [1.54, 1.807) is 84.2 Å². The quantitative estimate of drug-likeness (QED) is 0.119. The van der Waals surface area contributed by atoms with E-state index in [0.717, 1.165) is 5.56 Å². The largest absolute Gasteiger partial charge is 0.445 e. The molecule has 1 rings (SSSR count). The molecule has 5 amide bonds. The van der Waals surface area contributed by atoms with Gasteiger partial charge in [0.1, 0.15) is 29.5 Å². The zero-order valence-corrected chi connectivity index (χ0v) is 32.0. The molecule has 0 radical (unpaired) electrons. The number of benzene rings is 1. The Kier molecular flexibility index (Phi) is 19.2. The molecule has 0 spiro atoms. The van der Waals surface area contributed by atoms with Gasteiger partial charge < -0.3 is 49.8 Å². The number of hydrogen-bond acceptors (Lipinski definition) is 10. The molecule has 290 valence electrons. The second-order valence-electron chi connectivity index (χ2n) is 15.0. The van der Waals surface area contributed by atoms with Crippen LogP contribution < -0.4 is 16.0 Å². The van der Waals surface area contributed by atoms with Gasteiger partial charge in [-0.3, -0.25) is 4.79 Å². The molecule has 0 fully saturated rings. The van der Waals surface area contributed by atoms with E-state index >= 15 is 0 Å². The molecule has 0 heterocycles. The van der Waals surface area contributed by atoms with E-state index < -0.39 is 59.7 Å². The zero-order valence-electron chi connectivity index (χ0n) is 32.0. The molecule has 1 atom stereocenters. The standard InChI is InChI=1S/C36H61N5O10/c1-34(2,3)49-30(44)38-20-16-24-41(33(47)51-36(7,8)9)22-14-13-21-40(32(46)50-35(4,5)6)23-15-19-37-29(43)28(25-42)39-31(45)48-26-27-17-11-10-12-18-27/h10-12,17-18,28,42H,13-16,19-26H2,1-9H3,(H,37,43)(H,38,44)(H,39,45)/t28-/m0/s1. The molecule has 0 aliphatic rings. The average molecular weight is 724 g/mol. The molecule has 1 aromatic carbocycles. The number of nitrogens with one attached hydrogen (secondary N) is 3. The fraction of sp³-hybridized carbons (Fsp3) is 0.694. The Morgan fingerprint density at radius 2 is 1.10 bits per heavy atom. The molecule has 0 aromatic heterocycles. The molecular formula is C36H61N5O10. The minimum atomic E-state index is -1.21. The highest BCUT2D eigenvalue weighted by Crippen LogP contribution is 2.14. The molecule has 0 saturated carbocycles. The number of carbonyl (C=O) groups is 5. The summed E-state index contributed by atoms with van der Waals surface area (Å²) in [6.45, 7) is 17.2. The Labute approximate surface area is 303 Å². The maximum absolute atomic E-state index is 13.0. The summed E-state index contributed by atoms with van der Waals surface area (Å²) in [5.41, 5.74) is -1.25. The molecule has 0 bridgehead atoms. The summed E-state index contributed by atoms with van der Waals surface area (Å²) in [6, 6.07) is 7.83. The number of amides is 5. The molecule has 4 N–H and O–H groups in total. The number of carbonyl (C=O) groups excluding carboxylic acids is 5.